The topological polar surface area (TPSA) is 67.9 Å². The zero-order valence-corrected chi connectivity index (χ0v) is 16.9. The molecule has 1 N–H and O–H groups in total. The van der Waals surface area contributed by atoms with Gasteiger partial charge in [-0.15, -0.1) is 0 Å². The SMILES string of the molecule is O=C(NCc1ccc2c(c1)OCO2)C1CC(c2ccccc2)CN(C(=O)C2CC2)C1. The van der Waals surface area contributed by atoms with Crippen LogP contribution in [0.3, 0.4) is 0 Å². The molecule has 5 rings (SSSR count). The van der Waals surface area contributed by atoms with Crippen LogP contribution < -0.4 is 14.8 Å². The van der Waals surface area contributed by atoms with Crippen LogP contribution in [0, 0.1) is 11.8 Å². The molecular formula is C24H26N2O4. The van der Waals surface area contributed by atoms with Crippen LogP contribution in [0.4, 0.5) is 0 Å². The Kier molecular flexibility index (Phi) is 5.07. The Morgan fingerprint density at radius 2 is 1.77 bits per heavy atom. The number of nitrogens with one attached hydrogen (secondary N) is 1. The number of carbonyl (C=O) groups is 2. The minimum absolute atomic E-state index is 0.00175. The van der Waals surface area contributed by atoms with Gasteiger partial charge in [-0.3, -0.25) is 9.59 Å². The van der Waals surface area contributed by atoms with Crippen molar-refractivity contribution in [3.63, 3.8) is 0 Å². The molecule has 0 aromatic heterocycles. The lowest BCUT2D eigenvalue weighted by molar-refractivity contribution is -0.137. The summed E-state index contributed by atoms with van der Waals surface area (Å²) in [6.45, 7) is 1.87. The zero-order valence-electron chi connectivity index (χ0n) is 16.9. The molecule has 0 radical (unpaired) electrons. The molecule has 2 aromatic rings. The molecule has 2 aromatic carbocycles. The first kappa shape index (κ1) is 19.0. The molecular weight excluding hydrogens is 380 g/mol. The van der Waals surface area contributed by atoms with Gasteiger partial charge in [-0.05, 0) is 42.5 Å². The summed E-state index contributed by atoms with van der Waals surface area (Å²) in [6, 6.07) is 15.9. The van der Waals surface area contributed by atoms with E-state index in [4.69, 9.17) is 9.47 Å². The number of hydrogen-bond acceptors (Lipinski definition) is 4. The molecule has 2 amide bonds. The second kappa shape index (κ2) is 8.01. The summed E-state index contributed by atoms with van der Waals surface area (Å²) in [5.74, 6) is 1.80. The van der Waals surface area contributed by atoms with E-state index in [2.05, 4.69) is 17.4 Å². The first-order valence-corrected chi connectivity index (χ1v) is 10.7. The minimum Gasteiger partial charge on any atom is -0.454 e. The van der Waals surface area contributed by atoms with Crippen LogP contribution in [-0.2, 0) is 16.1 Å². The van der Waals surface area contributed by atoms with Gasteiger partial charge in [0.2, 0.25) is 18.6 Å². The van der Waals surface area contributed by atoms with E-state index >= 15 is 0 Å². The predicted molar refractivity (Wildman–Crippen MR) is 111 cm³/mol. The third kappa shape index (κ3) is 3.99. The highest BCUT2D eigenvalue weighted by molar-refractivity contribution is 5.83. The Hall–Kier alpha value is -3.02. The fraction of sp³-hybridized carbons (Fsp3) is 0.417. The Balaban J connectivity index is 1.27. The normalized spacial score (nSPS) is 22.6. The Morgan fingerprint density at radius 1 is 0.967 bits per heavy atom. The van der Waals surface area contributed by atoms with Crippen LogP contribution in [-0.4, -0.2) is 36.6 Å². The molecule has 2 fully saturated rings. The third-order valence-corrected chi connectivity index (χ3v) is 6.23. The van der Waals surface area contributed by atoms with Crippen molar-refractivity contribution in [1.82, 2.24) is 10.2 Å². The van der Waals surface area contributed by atoms with Crippen LogP contribution in [0.5, 0.6) is 11.5 Å². The van der Waals surface area contributed by atoms with Crippen LogP contribution in [0.2, 0.25) is 0 Å². The van der Waals surface area contributed by atoms with Gasteiger partial charge < -0.3 is 19.7 Å². The second-order valence-electron chi connectivity index (χ2n) is 8.46. The minimum atomic E-state index is -0.208. The van der Waals surface area contributed by atoms with Crippen molar-refractivity contribution in [3.8, 4) is 11.5 Å². The highest BCUT2D eigenvalue weighted by Crippen LogP contribution is 2.36. The molecule has 2 aliphatic heterocycles. The fourth-order valence-electron chi connectivity index (χ4n) is 4.41. The number of rotatable bonds is 5. The predicted octanol–water partition coefficient (Wildman–Crippen LogP) is 3.07. The summed E-state index contributed by atoms with van der Waals surface area (Å²) < 4.78 is 10.8. The van der Waals surface area contributed by atoms with Crippen molar-refractivity contribution in [2.45, 2.75) is 31.7 Å². The van der Waals surface area contributed by atoms with Gasteiger partial charge in [-0.25, -0.2) is 0 Å². The summed E-state index contributed by atoms with van der Waals surface area (Å²) in [4.78, 5) is 27.7. The first-order valence-electron chi connectivity index (χ1n) is 10.7. The van der Waals surface area contributed by atoms with E-state index in [0.29, 0.717) is 25.4 Å². The maximum Gasteiger partial charge on any atom is 0.231 e. The van der Waals surface area contributed by atoms with Crippen molar-refractivity contribution < 1.29 is 19.1 Å². The van der Waals surface area contributed by atoms with E-state index < -0.39 is 0 Å². The molecule has 1 saturated carbocycles. The second-order valence-corrected chi connectivity index (χ2v) is 8.46. The highest BCUT2D eigenvalue weighted by Gasteiger charge is 2.39. The third-order valence-electron chi connectivity index (χ3n) is 6.23. The number of nitrogens with zero attached hydrogens (tertiary/aromatic N) is 1. The van der Waals surface area contributed by atoms with Crippen LogP contribution >= 0.6 is 0 Å². The smallest absolute Gasteiger partial charge is 0.231 e. The lowest BCUT2D eigenvalue weighted by Gasteiger charge is -2.37. The first-order chi connectivity index (χ1) is 14.7. The number of likely N-dealkylation sites (tertiary alicyclic amines) is 1. The molecule has 6 nitrogen and oxygen atoms in total. The van der Waals surface area contributed by atoms with Gasteiger partial charge in [0.25, 0.3) is 0 Å². The number of carbonyl (C=O) groups excluding carboxylic acids is 2. The van der Waals surface area contributed by atoms with E-state index in [0.717, 1.165) is 30.6 Å². The molecule has 1 aliphatic carbocycles. The summed E-state index contributed by atoms with van der Waals surface area (Å²) in [6.07, 6.45) is 2.71. The number of amides is 2. The van der Waals surface area contributed by atoms with Crippen molar-refractivity contribution in [2.24, 2.45) is 11.8 Å². The molecule has 3 aliphatic rings. The Bertz CT molecular complexity index is 941. The number of benzene rings is 2. The number of fused-ring (bicyclic) bond motifs is 1. The average Bonchev–Trinajstić information content (AvgIpc) is 3.54. The van der Waals surface area contributed by atoms with Gasteiger partial charge in [0.05, 0.1) is 5.92 Å². The Morgan fingerprint density at radius 3 is 2.57 bits per heavy atom. The van der Waals surface area contributed by atoms with Gasteiger partial charge in [-0.1, -0.05) is 36.4 Å². The van der Waals surface area contributed by atoms with Crippen LogP contribution in [0.1, 0.15) is 36.3 Å². The lowest BCUT2D eigenvalue weighted by Crippen LogP contribution is -2.48. The Labute approximate surface area is 176 Å². The molecule has 2 heterocycles. The summed E-state index contributed by atoms with van der Waals surface area (Å²) >= 11 is 0. The van der Waals surface area contributed by atoms with E-state index in [9.17, 15) is 9.59 Å². The molecule has 30 heavy (non-hydrogen) atoms. The molecule has 0 spiro atoms. The van der Waals surface area contributed by atoms with Gasteiger partial charge in [0.1, 0.15) is 0 Å². The standard InChI is InChI=1S/C24H26N2O4/c27-23(25-12-16-6-9-21-22(10-16)30-15-29-21)20-11-19(17-4-2-1-3-5-17)13-26(14-20)24(28)18-7-8-18/h1-6,9-10,18-20H,7-8,11-15H2,(H,25,27). The average molecular weight is 406 g/mol. The van der Waals surface area contributed by atoms with Gasteiger partial charge >= 0.3 is 0 Å². The molecule has 2 atom stereocenters. The molecule has 1 saturated heterocycles. The van der Waals surface area contributed by atoms with Gasteiger partial charge in [-0.2, -0.15) is 0 Å². The van der Waals surface area contributed by atoms with Gasteiger partial charge in [0, 0.05) is 31.5 Å². The molecule has 156 valence electrons. The zero-order chi connectivity index (χ0) is 20.5. The number of piperidine rings is 1. The quantitative estimate of drug-likeness (QED) is 0.829. The van der Waals surface area contributed by atoms with Crippen LogP contribution in [0.25, 0.3) is 0 Å². The lowest BCUT2D eigenvalue weighted by atomic mass is 9.84. The molecule has 0 bridgehead atoms. The van der Waals surface area contributed by atoms with E-state index in [1.54, 1.807) is 0 Å². The summed E-state index contributed by atoms with van der Waals surface area (Å²) in [5, 5.41) is 3.06. The molecule has 6 heteroatoms. The van der Waals surface area contributed by atoms with Crippen molar-refractivity contribution >= 4 is 11.8 Å². The summed E-state index contributed by atoms with van der Waals surface area (Å²) in [5.41, 5.74) is 2.16. The van der Waals surface area contributed by atoms with E-state index in [1.807, 2.05) is 41.3 Å². The highest BCUT2D eigenvalue weighted by atomic mass is 16.7. The van der Waals surface area contributed by atoms with Crippen LogP contribution in [0.15, 0.2) is 48.5 Å². The van der Waals surface area contributed by atoms with Crippen molar-refractivity contribution in [1.29, 1.82) is 0 Å². The number of ether oxygens (including phenoxy) is 2. The number of hydrogen-bond donors (Lipinski definition) is 1. The van der Waals surface area contributed by atoms with Gasteiger partial charge in [0.15, 0.2) is 11.5 Å². The van der Waals surface area contributed by atoms with Crippen molar-refractivity contribution in [3.05, 3.63) is 59.7 Å². The maximum atomic E-state index is 13.0. The van der Waals surface area contributed by atoms with Crippen molar-refractivity contribution in [2.75, 3.05) is 19.9 Å². The fourth-order valence-corrected chi connectivity index (χ4v) is 4.41. The maximum absolute atomic E-state index is 13.0. The molecule has 2 unspecified atom stereocenters. The van der Waals surface area contributed by atoms with E-state index in [1.165, 1.54) is 5.56 Å². The van der Waals surface area contributed by atoms with E-state index in [-0.39, 0.29) is 36.4 Å². The monoisotopic (exact) mass is 406 g/mol. The summed E-state index contributed by atoms with van der Waals surface area (Å²) in [7, 11) is 0. The largest absolute Gasteiger partial charge is 0.454 e.